The Kier molecular flexibility index (Phi) is 3.26. The molecule has 4 heterocycles. The number of carbonyl (C=O) groups is 1. The van der Waals surface area contributed by atoms with E-state index in [-0.39, 0.29) is 0 Å². The van der Waals surface area contributed by atoms with Crippen molar-refractivity contribution < 1.29 is 4.79 Å². The van der Waals surface area contributed by atoms with Crippen LogP contribution in [0.5, 0.6) is 0 Å². The number of fused-ring (bicyclic) bond motifs is 5. The van der Waals surface area contributed by atoms with Crippen LogP contribution in [0.4, 0.5) is 0 Å². The summed E-state index contributed by atoms with van der Waals surface area (Å²) < 4.78 is 0. The molecule has 4 nitrogen and oxygen atoms in total. The lowest BCUT2D eigenvalue weighted by molar-refractivity contribution is -0.139. The van der Waals surface area contributed by atoms with Gasteiger partial charge in [-0.25, -0.2) is 0 Å². The van der Waals surface area contributed by atoms with E-state index in [2.05, 4.69) is 15.1 Å². The van der Waals surface area contributed by atoms with Crippen LogP contribution in [-0.2, 0) is 4.79 Å². The van der Waals surface area contributed by atoms with E-state index in [1.54, 1.807) is 0 Å². The maximum atomic E-state index is 12.4. The highest BCUT2D eigenvalue weighted by Gasteiger charge is 2.56. The Bertz CT molecular complexity index is 437. The molecule has 22 heavy (non-hydrogen) atoms. The van der Waals surface area contributed by atoms with Crippen molar-refractivity contribution in [2.75, 3.05) is 26.2 Å². The summed E-state index contributed by atoms with van der Waals surface area (Å²) in [7, 11) is 0. The molecule has 4 saturated heterocycles. The molecule has 5 fully saturated rings. The molecule has 0 unspecified atom stereocenters. The Morgan fingerprint density at radius 2 is 1.50 bits per heavy atom. The highest BCUT2D eigenvalue weighted by atomic mass is 16.2. The third kappa shape index (κ3) is 1.92. The van der Waals surface area contributed by atoms with Gasteiger partial charge in [0.1, 0.15) is 0 Å². The average molecular weight is 303 g/mol. The molecule has 4 atom stereocenters. The zero-order valence-electron chi connectivity index (χ0n) is 13.5. The zero-order valence-corrected chi connectivity index (χ0v) is 13.5. The Morgan fingerprint density at radius 3 is 2.05 bits per heavy atom. The van der Waals surface area contributed by atoms with Gasteiger partial charge in [-0.15, -0.1) is 0 Å². The summed E-state index contributed by atoms with van der Waals surface area (Å²) in [5, 5.41) is 3.62. The minimum absolute atomic E-state index is 0.380. The number of likely N-dealkylation sites (tertiary alicyclic amines) is 1. The van der Waals surface area contributed by atoms with Crippen LogP contribution in [0.3, 0.4) is 0 Å². The first-order valence-electron chi connectivity index (χ1n) is 9.60. The number of hydrogen-bond acceptors (Lipinski definition) is 3. The minimum atomic E-state index is 0.380. The molecule has 5 aliphatic rings. The van der Waals surface area contributed by atoms with Gasteiger partial charge in [0.05, 0.1) is 0 Å². The number of piperidine rings is 1. The predicted molar refractivity (Wildman–Crippen MR) is 85.4 cm³/mol. The summed E-state index contributed by atoms with van der Waals surface area (Å²) in [6.45, 7) is 4.54. The molecule has 4 heteroatoms. The second kappa shape index (κ2) is 5.20. The van der Waals surface area contributed by atoms with E-state index in [4.69, 9.17) is 0 Å². The van der Waals surface area contributed by atoms with E-state index in [1.807, 2.05) is 0 Å². The molecule has 122 valence electrons. The van der Waals surface area contributed by atoms with Crippen LogP contribution < -0.4 is 5.32 Å². The first kappa shape index (κ1) is 13.8. The molecular formula is C18H29N3O. The van der Waals surface area contributed by atoms with E-state index >= 15 is 0 Å². The maximum absolute atomic E-state index is 12.4. The maximum Gasteiger partial charge on any atom is 0.225 e. The van der Waals surface area contributed by atoms with Gasteiger partial charge in [0.2, 0.25) is 5.91 Å². The van der Waals surface area contributed by atoms with Crippen LogP contribution >= 0.6 is 0 Å². The highest BCUT2D eigenvalue weighted by molar-refractivity contribution is 5.79. The molecule has 0 radical (unpaired) electrons. The number of amides is 1. The van der Waals surface area contributed by atoms with Crippen LogP contribution in [0.25, 0.3) is 0 Å². The molecule has 0 aromatic rings. The largest absolute Gasteiger partial charge is 0.342 e. The Morgan fingerprint density at radius 1 is 0.864 bits per heavy atom. The SMILES string of the molecule is O=C(C1CCC1)N1CCC(N2[C@@H]3CC[C@H]2[C@H]2CNC[C@H]23)CC1. The van der Waals surface area contributed by atoms with Crippen molar-refractivity contribution in [3.63, 3.8) is 0 Å². The molecule has 0 spiro atoms. The van der Waals surface area contributed by atoms with Crippen molar-refractivity contribution in [1.29, 1.82) is 0 Å². The molecule has 5 rings (SSSR count). The lowest BCUT2D eigenvalue weighted by atomic mass is 9.82. The van der Waals surface area contributed by atoms with Gasteiger partial charge in [-0.2, -0.15) is 0 Å². The van der Waals surface area contributed by atoms with Crippen LogP contribution in [0.2, 0.25) is 0 Å². The van der Waals surface area contributed by atoms with E-state index in [9.17, 15) is 4.79 Å². The summed E-state index contributed by atoms with van der Waals surface area (Å²) in [5.41, 5.74) is 0. The molecule has 1 saturated carbocycles. The lowest BCUT2D eigenvalue weighted by Crippen LogP contribution is -2.51. The van der Waals surface area contributed by atoms with E-state index in [0.29, 0.717) is 11.8 Å². The third-order valence-corrected chi connectivity index (χ3v) is 7.47. The quantitative estimate of drug-likeness (QED) is 0.839. The molecule has 0 aromatic carbocycles. The van der Waals surface area contributed by atoms with E-state index in [0.717, 1.165) is 55.9 Å². The van der Waals surface area contributed by atoms with Gasteiger partial charge in [0, 0.05) is 37.1 Å². The molecule has 0 aromatic heterocycles. The first-order valence-corrected chi connectivity index (χ1v) is 9.60. The fourth-order valence-electron chi connectivity index (χ4n) is 6.16. The van der Waals surface area contributed by atoms with Gasteiger partial charge in [-0.1, -0.05) is 6.42 Å². The first-order chi connectivity index (χ1) is 10.8. The second-order valence-corrected chi connectivity index (χ2v) is 8.33. The van der Waals surface area contributed by atoms with E-state index in [1.165, 1.54) is 45.2 Å². The summed E-state index contributed by atoms with van der Waals surface area (Å²) in [5.74, 6) is 2.70. The monoisotopic (exact) mass is 303 g/mol. The molecule has 2 bridgehead atoms. The number of hydrogen-bond donors (Lipinski definition) is 1. The summed E-state index contributed by atoms with van der Waals surface area (Å²) in [4.78, 5) is 17.5. The van der Waals surface area contributed by atoms with Crippen LogP contribution in [0, 0.1) is 17.8 Å². The molecular weight excluding hydrogens is 274 g/mol. The van der Waals surface area contributed by atoms with Gasteiger partial charge >= 0.3 is 0 Å². The van der Waals surface area contributed by atoms with Gasteiger partial charge in [0.25, 0.3) is 0 Å². The van der Waals surface area contributed by atoms with Crippen molar-refractivity contribution in [3.05, 3.63) is 0 Å². The van der Waals surface area contributed by atoms with Crippen molar-refractivity contribution in [3.8, 4) is 0 Å². The highest BCUT2D eigenvalue weighted by Crippen LogP contribution is 2.49. The van der Waals surface area contributed by atoms with Crippen LogP contribution in [0.15, 0.2) is 0 Å². The summed E-state index contributed by atoms with van der Waals surface area (Å²) >= 11 is 0. The minimum Gasteiger partial charge on any atom is -0.342 e. The lowest BCUT2D eigenvalue weighted by Gasteiger charge is -2.41. The predicted octanol–water partition coefficient (Wildman–Crippen LogP) is 1.46. The van der Waals surface area contributed by atoms with Gasteiger partial charge < -0.3 is 10.2 Å². The normalized spacial score (nSPS) is 42.6. The van der Waals surface area contributed by atoms with E-state index < -0.39 is 0 Å². The van der Waals surface area contributed by atoms with Crippen molar-refractivity contribution >= 4 is 5.91 Å². The molecule has 1 amide bonds. The summed E-state index contributed by atoms with van der Waals surface area (Å²) in [6.07, 6.45) is 8.84. The van der Waals surface area contributed by atoms with Gasteiger partial charge in [-0.3, -0.25) is 9.69 Å². The fourth-order valence-corrected chi connectivity index (χ4v) is 6.16. The Labute approximate surface area is 133 Å². The molecule has 1 N–H and O–H groups in total. The molecule has 4 aliphatic heterocycles. The van der Waals surface area contributed by atoms with Gasteiger partial charge in [0.15, 0.2) is 0 Å². The van der Waals surface area contributed by atoms with Crippen molar-refractivity contribution in [1.82, 2.24) is 15.1 Å². The number of rotatable bonds is 2. The topological polar surface area (TPSA) is 35.6 Å². The number of carbonyl (C=O) groups excluding carboxylic acids is 1. The number of nitrogens with one attached hydrogen (secondary N) is 1. The van der Waals surface area contributed by atoms with Crippen molar-refractivity contribution in [2.24, 2.45) is 17.8 Å². The standard InChI is InChI=1S/C18H29N3O/c22-18(12-2-1-3-12)20-8-6-13(7-9-20)21-16-4-5-17(21)15-11-19-10-14(15)16/h12-17,19H,1-11H2/t14-,15+,16-,17+. The Hall–Kier alpha value is -0.610. The summed E-state index contributed by atoms with van der Waals surface area (Å²) in [6, 6.07) is 2.46. The smallest absolute Gasteiger partial charge is 0.225 e. The average Bonchev–Trinajstić information content (AvgIpc) is 3.17. The Balaban J connectivity index is 1.23. The van der Waals surface area contributed by atoms with Crippen molar-refractivity contribution in [2.45, 2.75) is 63.1 Å². The second-order valence-electron chi connectivity index (χ2n) is 8.33. The van der Waals surface area contributed by atoms with Crippen LogP contribution in [0.1, 0.15) is 44.9 Å². The molecule has 1 aliphatic carbocycles. The zero-order chi connectivity index (χ0) is 14.7. The van der Waals surface area contributed by atoms with Crippen LogP contribution in [-0.4, -0.2) is 60.0 Å². The van der Waals surface area contributed by atoms with Gasteiger partial charge in [-0.05, 0) is 63.5 Å². The third-order valence-electron chi connectivity index (χ3n) is 7.47. The fraction of sp³-hybridized carbons (Fsp3) is 0.944. The number of nitrogens with zero attached hydrogens (tertiary/aromatic N) is 2.